The van der Waals surface area contributed by atoms with Crippen LogP contribution >= 0.6 is 0 Å². The van der Waals surface area contributed by atoms with E-state index in [9.17, 15) is 37.3 Å². The van der Waals surface area contributed by atoms with Gasteiger partial charge in [0.05, 0.1) is 31.6 Å². The first-order chi connectivity index (χ1) is 30.4. The molecular formula is C46H53N5O11S. The van der Waals surface area contributed by atoms with E-state index in [0.717, 1.165) is 41.7 Å². The maximum atomic E-state index is 12.6. The number of carboxylic acids is 1. The Bertz CT molecular complexity index is 2370. The standard InChI is InChI=1S/C46H53N5O11S/c1-2-11-36-34-13-7-14-38(52)35(34)20-22-41(36)61-28-6-5-27-60-39-15-8-16-40(37(39)21-24-45(54)55)62-29-9-18-44(53)47-25-10-26-48-46(56)33-19-23-43(49-30-33)51-50-31-32-12-3-4-17-42(32)63(57,58)59/h2-4,8,12,15-17,19-20,22-23,30-31H,1,5-7,9-11,13-14,18,21,24-29H2,(H,47,53)(H,48,56)(H,49,51)(H,54,55)(H,57,58,59)/b50-31+. The number of hydrogen-bond acceptors (Lipinski definition) is 12. The van der Waals surface area contributed by atoms with Crippen molar-refractivity contribution in [3.8, 4) is 17.2 Å². The molecule has 0 fully saturated rings. The van der Waals surface area contributed by atoms with Crippen molar-refractivity contribution in [2.75, 3.05) is 38.3 Å². The predicted molar refractivity (Wildman–Crippen MR) is 237 cm³/mol. The number of pyridine rings is 1. The first-order valence-corrected chi connectivity index (χ1v) is 22.3. The number of aliphatic carboxylic acids is 1. The molecule has 1 aliphatic rings. The number of nitrogens with one attached hydrogen (secondary N) is 3. The second kappa shape index (κ2) is 24.2. The van der Waals surface area contributed by atoms with Gasteiger partial charge in [0.1, 0.15) is 28.0 Å². The maximum absolute atomic E-state index is 12.6. The number of rotatable bonds is 26. The molecule has 3 aromatic carbocycles. The molecule has 0 atom stereocenters. The number of Topliss-reactive ketones (excluding diaryl/α,β-unsaturated/α-hetero) is 1. The molecule has 5 N–H and O–H groups in total. The van der Waals surface area contributed by atoms with Gasteiger partial charge in [-0.1, -0.05) is 30.3 Å². The Balaban J connectivity index is 0.976. The number of amides is 2. The summed E-state index contributed by atoms with van der Waals surface area (Å²) in [5.74, 6) is 0.821. The van der Waals surface area contributed by atoms with E-state index in [0.29, 0.717) is 86.9 Å². The lowest BCUT2D eigenvalue weighted by Crippen LogP contribution is -2.30. The molecule has 0 bridgehead atoms. The third-order valence-corrected chi connectivity index (χ3v) is 10.9. The van der Waals surface area contributed by atoms with E-state index in [1.54, 1.807) is 24.3 Å². The number of ether oxygens (including phenoxy) is 3. The van der Waals surface area contributed by atoms with Crippen molar-refractivity contribution < 1.29 is 51.5 Å². The van der Waals surface area contributed by atoms with Crippen LogP contribution in [-0.2, 0) is 39.0 Å². The minimum absolute atomic E-state index is 0.106. The molecule has 2 amide bonds. The number of benzene rings is 3. The number of carbonyl (C=O) groups is 4. The molecular weight excluding hydrogens is 831 g/mol. The van der Waals surface area contributed by atoms with E-state index in [-0.39, 0.29) is 53.9 Å². The van der Waals surface area contributed by atoms with Gasteiger partial charge in [-0.25, -0.2) is 4.98 Å². The van der Waals surface area contributed by atoms with Crippen LogP contribution in [0.4, 0.5) is 5.82 Å². The van der Waals surface area contributed by atoms with Gasteiger partial charge in [0.2, 0.25) is 5.91 Å². The fourth-order valence-corrected chi connectivity index (χ4v) is 7.52. The molecule has 17 heteroatoms. The normalized spacial score (nSPS) is 12.3. The molecule has 0 unspecified atom stereocenters. The molecule has 4 aromatic rings. The number of unbranched alkanes of at least 4 members (excludes halogenated alkanes) is 1. The molecule has 63 heavy (non-hydrogen) atoms. The minimum atomic E-state index is -4.42. The number of nitrogens with zero attached hydrogens (tertiary/aromatic N) is 2. The van der Waals surface area contributed by atoms with Crippen molar-refractivity contribution in [1.29, 1.82) is 0 Å². The maximum Gasteiger partial charge on any atom is 0.303 e. The lowest BCUT2D eigenvalue weighted by Gasteiger charge is -2.21. The summed E-state index contributed by atoms with van der Waals surface area (Å²) < 4.78 is 50.7. The molecule has 0 saturated heterocycles. The number of carbonyl (C=O) groups excluding carboxylic acids is 3. The number of fused-ring (bicyclic) bond motifs is 1. The summed E-state index contributed by atoms with van der Waals surface area (Å²) in [4.78, 5) is 52.8. The number of aromatic nitrogens is 1. The van der Waals surface area contributed by atoms with E-state index >= 15 is 0 Å². The lowest BCUT2D eigenvalue weighted by molar-refractivity contribution is -0.137. The number of allylic oxidation sites excluding steroid dienone is 1. The summed E-state index contributed by atoms with van der Waals surface area (Å²) >= 11 is 0. The zero-order valence-electron chi connectivity index (χ0n) is 35.0. The summed E-state index contributed by atoms with van der Waals surface area (Å²) in [6.45, 7) is 5.61. The highest BCUT2D eigenvalue weighted by atomic mass is 32.2. The van der Waals surface area contributed by atoms with Crippen LogP contribution in [0.2, 0.25) is 0 Å². The molecule has 1 heterocycles. The fraction of sp³-hybridized carbons (Fsp3) is 0.348. The van der Waals surface area contributed by atoms with Crippen LogP contribution in [-0.4, -0.2) is 85.8 Å². The molecule has 1 aromatic heterocycles. The van der Waals surface area contributed by atoms with Crippen molar-refractivity contribution >= 4 is 45.7 Å². The zero-order chi connectivity index (χ0) is 45.0. The molecule has 1 aliphatic carbocycles. The molecule has 334 valence electrons. The van der Waals surface area contributed by atoms with E-state index in [2.05, 4.69) is 32.7 Å². The lowest BCUT2D eigenvalue weighted by atomic mass is 9.86. The quantitative estimate of drug-likeness (QED) is 0.0152. The monoisotopic (exact) mass is 883 g/mol. The van der Waals surface area contributed by atoms with E-state index in [1.807, 2.05) is 18.2 Å². The third-order valence-electron chi connectivity index (χ3n) is 9.97. The number of hydrogen-bond donors (Lipinski definition) is 5. The van der Waals surface area contributed by atoms with Crippen molar-refractivity contribution in [1.82, 2.24) is 15.6 Å². The smallest absolute Gasteiger partial charge is 0.303 e. The summed E-state index contributed by atoms with van der Waals surface area (Å²) in [7, 11) is -4.42. The minimum Gasteiger partial charge on any atom is -0.493 e. The second-order valence-electron chi connectivity index (χ2n) is 14.6. The van der Waals surface area contributed by atoms with Gasteiger partial charge in [0.15, 0.2) is 5.78 Å². The Morgan fingerprint density at radius 2 is 1.51 bits per heavy atom. The number of hydrazone groups is 1. The van der Waals surface area contributed by atoms with Gasteiger partial charge >= 0.3 is 5.97 Å². The van der Waals surface area contributed by atoms with Gasteiger partial charge in [-0.2, -0.15) is 13.5 Å². The summed E-state index contributed by atoms with van der Waals surface area (Å²) in [6.07, 6.45) is 9.92. The van der Waals surface area contributed by atoms with Gasteiger partial charge in [-0.3, -0.25) is 29.2 Å². The molecule has 0 saturated carbocycles. The Kier molecular flexibility index (Phi) is 18.2. The Morgan fingerprint density at radius 3 is 2.19 bits per heavy atom. The number of anilines is 1. The number of ketones is 1. The zero-order valence-corrected chi connectivity index (χ0v) is 35.8. The average molecular weight is 884 g/mol. The largest absolute Gasteiger partial charge is 0.493 e. The molecule has 16 nitrogen and oxygen atoms in total. The van der Waals surface area contributed by atoms with Crippen LogP contribution in [0.1, 0.15) is 94.3 Å². The molecule has 0 aliphatic heterocycles. The van der Waals surface area contributed by atoms with Crippen molar-refractivity contribution in [3.05, 3.63) is 119 Å². The van der Waals surface area contributed by atoms with Gasteiger partial charge in [-0.05, 0) is 99.4 Å². The van der Waals surface area contributed by atoms with Crippen LogP contribution in [0, 0.1) is 0 Å². The molecule has 0 radical (unpaired) electrons. The van der Waals surface area contributed by atoms with Crippen LogP contribution in [0.5, 0.6) is 17.2 Å². The summed E-state index contributed by atoms with van der Waals surface area (Å²) in [5.41, 5.74) is 6.65. The third kappa shape index (κ3) is 14.8. The first-order valence-electron chi connectivity index (χ1n) is 20.8. The van der Waals surface area contributed by atoms with Crippen molar-refractivity contribution in [2.24, 2.45) is 5.10 Å². The fourth-order valence-electron chi connectivity index (χ4n) is 6.85. The van der Waals surface area contributed by atoms with Crippen LogP contribution in [0.25, 0.3) is 0 Å². The SMILES string of the molecule is C=CCc1c(OCCCCOc2cccc(OCCCC(=O)NCCCNC(=O)c3ccc(N/N=C/c4ccccc4S(=O)(=O)O)nc3)c2CCC(=O)O)ccc2c1CCCC2=O. The molecule has 5 rings (SSSR count). The highest BCUT2D eigenvalue weighted by Crippen LogP contribution is 2.33. The van der Waals surface area contributed by atoms with E-state index in [1.165, 1.54) is 42.7 Å². The van der Waals surface area contributed by atoms with E-state index in [4.69, 9.17) is 14.2 Å². The van der Waals surface area contributed by atoms with Gasteiger partial charge in [-0.15, -0.1) is 6.58 Å². The predicted octanol–water partition coefficient (Wildman–Crippen LogP) is 6.37. The highest BCUT2D eigenvalue weighted by molar-refractivity contribution is 7.86. The average Bonchev–Trinajstić information content (AvgIpc) is 3.26. The Morgan fingerprint density at radius 1 is 0.810 bits per heavy atom. The Hall–Kier alpha value is -6.59. The summed E-state index contributed by atoms with van der Waals surface area (Å²) in [5, 5.41) is 18.9. The first kappa shape index (κ1) is 47.5. The second-order valence-corrected chi connectivity index (χ2v) is 16.0. The van der Waals surface area contributed by atoms with Gasteiger partial charge in [0.25, 0.3) is 16.0 Å². The number of carboxylic acid groups (broad SMARTS) is 1. The highest BCUT2D eigenvalue weighted by Gasteiger charge is 2.22. The molecule has 0 spiro atoms. The van der Waals surface area contributed by atoms with Crippen LogP contribution in [0.3, 0.4) is 0 Å². The van der Waals surface area contributed by atoms with Crippen molar-refractivity contribution in [3.63, 3.8) is 0 Å². The van der Waals surface area contributed by atoms with Gasteiger partial charge in [0, 0.05) is 60.8 Å². The summed E-state index contributed by atoms with van der Waals surface area (Å²) in [6, 6.07) is 17.9. The van der Waals surface area contributed by atoms with Crippen LogP contribution in [0.15, 0.2) is 95.6 Å². The van der Waals surface area contributed by atoms with Gasteiger partial charge < -0.3 is 30.0 Å². The Labute approximate surface area is 366 Å². The van der Waals surface area contributed by atoms with Crippen LogP contribution < -0.4 is 30.3 Å². The van der Waals surface area contributed by atoms with E-state index < -0.39 is 16.1 Å². The van der Waals surface area contributed by atoms with Crippen molar-refractivity contribution in [2.45, 2.75) is 75.5 Å². The topological polar surface area (TPSA) is 232 Å².